The molecule has 0 bridgehead atoms. The van der Waals surface area contributed by atoms with Crippen molar-refractivity contribution in [3.8, 4) is 16.5 Å². The Morgan fingerprint density at radius 1 is 1.32 bits per heavy atom. The van der Waals surface area contributed by atoms with Gasteiger partial charge in [-0.15, -0.1) is 0 Å². The Kier molecular flexibility index (Phi) is 4.10. The van der Waals surface area contributed by atoms with E-state index in [1.54, 1.807) is 11.3 Å². The standard InChI is InChI=1S/C16H18N4OS/c1-10-6-13(7-11(2)18-10)15-14(8-17)19-16(22-15)20-4-5-21-12(3)9-20/h6-7,12H,4-5,9H2,1-3H3. The Morgan fingerprint density at radius 3 is 2.68 bits per heavy atom. The molecule has 6 heteroatoms. The Morgan fingerprint density at radius 2 is 2.05 bits per heavy atom. The van der Waals surface area contributed by atoms with Crippen molar-refractivity contribution in [2.75, 3.05) is 24.6 Å². The molecule has 114 valence electrons. The first-order chi connectivity index (χ1) is 10.6. The molecule has 5 nitrogen and oxygen atoms in total. The minimum absolute atomic E-state index is 0.192. The largest absolute Gasteiger partial charge is 0.375 e. The smallest absolute Gasteiger partial charge is 0.187 e. The molecule has 0 spiro atoms. The predicted molar refractivity (Wildman–Crippen MR) is 87.2 cm³/mol. The fraction of sp³-hybridized carbons (Fsp3) is 0.438. The first kappa shape index (κ1) is 14.9. The number of nitriles is 1. The van der Waals surface area contributed by atoms with Gasteiger partial charge in [-0.2, -0.15) is 5.26 Å². The summed E-state index contributed by atoms with van der Waals surface area (Å²) in [6, 6.07) is 6.24. The van der Waals surface area contributed by atoms with Crippen LogP contribution in [-0.4, -0.2) is 35.8 Å². The van der Waals surface area contributed by atoms with Crippen LogP contribution in [0.5, 0.6) is 0 Å². The van der Waals surface area contributed by atoms with Crippen molar-refractivity contribution in [2.45, 2.75) is 26.9 Å². The lowest BCUT2D eigenvalue weighted by Crippen LogP contribution is -2.41. The second kappa shape index (κ2) is 6.03. The maximum absolute atomic E-state index is 9.42. The summed E-state index contributed by atoms with van der Waals surface area (Å²) in [6.07, 6.45) is 0.192. The third kappa shape index (κ3) is 2.96. The molecule has 1 aliphatic rings. The molecule has 0 aromatic carbocycles. The number of rotatable bonds is 2. The molecule has 1 atom stereocenters. The second-order valence-electron chi connectivity index (χ2n) is 5.55. The Bertz CT molecular complexity index is 714. The van der Waals surface area contributed by atoms with Crippen LogP contribution < -0.4 is 4.90 Å². The zero-order valence-corrected chi connectivity index (χ0v) is 13.8. The van der Waals surface area contributed by atoms with Gasteiger partial charge in [0.1, 0.15) is 6.07 Å². The van der Waals surface area contributed by atoms with Crippen LogP contribution in [0, 0.1) is 25.2 Å². The minimum atomic E-state index is 0.192. The molecule has 0 aliphatic carbocycles. The third-order valence-electron chi connectivity index (χ3n) is 3.58. The number of thiazole rings is 1. The number of anilines is 1. The lowest BCUT2D eigenvalue weighted by molar-refractivity contribution is 0.0532. The van der Waals surface area contributed by atoms with Gasteiger partial charge in [0.2, 0.25) is 0 Å². The number of pyridine rings is 1. The van der Waals surface area contributed by atoms with E-state index in [0.29, 0.717) is 12.3 Å². The quantitative estimate of drug-likeness (QED) is 0.853. The van der Waals surface area contributed by atoms with Crippen molar-refractivity contribution in [2.24, 2.45) is 0 Å². The van der Waals surface area contributed by atoms with E-state index >= 15 is 0 Å². The van der Waals surface area contributed by atoms with Gasteiger partial charge in [-0.25, -0.2) is 4.98 Å². The molecule has 2 aromatic rings. The van der Waals surface area contributed by atoms with Crippen molar-refractivity contribution in [1.82, 2.24) is 9.97 Å². The number of hydrogen-bond donors (Lipinski definition) is 0. The highest BCUT2D eigenvalue weighted by Crippen LogP contribution is 2.35. The van der Waals surface area contributed by atoms with E-state index in [1.165, 1.54) is 0 Å². The normalized spacial score (nSPS) is 18.3. The zero-order valence-electron chi connectivity index (χ0n) is 13.0. The lowest BCUT2D eigenvalue weighted by Gasteiger charge is -2.30. The van der Waals surface area contributed by atoms with Gasteiger partial charge in [-0.3, -0.25) is 4.98 Å². The topological polar surface area (TPSA) is 62.0 Å². The average molecular weight is 314 g/mol. The molecule has 1 saturated heterocycles. The number of nitrogens with zero attached hydrogens (tertiary/aromatic N) is 4. The molecule has 0 radical (unpaired) electrons. The van der Waals surface area contributed by atoms with Crippen LogP contribution in [0.15, 0.2) is 12.1 Å². The van der Waals surface area contributed by atoms with Gasteiger partial charge in [-0.05, 0) is 38.5 Å². The predicted octanol–water partition coefficient (Wildman–Crippen LogP) is 2.92. The van der Waals surface area contributed by atoms with Crippen LogP contribution in [0.25, 0.3) is 10.4 Å². The van der Waals surface area contributed by atoms with Crippen molar-refractivity contribution < 1.29 is 4.74 Å². The highest BCUT2D eigenvalue weighted by Gasteiger charge is 2.22. The van der Waals surface area contributed by atoms with Crippen LogP contribution in [0.1, 0.15) is 24.0 Å². The molecule has 3 heterocycles. The number of aryl methyl sites for hydroxylation is 2. The first-order valence-electron chi connectivity index (χ1n) is 7.30. The SMILES string of the molecule is Cc1cc(-c2sc(N3CCOC(C)C3)nc2C#N)cc(C)n1. The van der Waals surface area contributed by atoms with Crippen molar-refractivity contribution in [3.05, 3.63) is 29.2 Å². The Labute approximate surface area is 134 Å². The molecule has 3 rings (SSSR count). The summed E-state index contributed by atoms with van der Waals surface area (Å²) in [5.74, 6) is 0. The number of morpholine rings is 1. The fourth-order valence-corrected chi connectivity index (χ4v) is 3.71. The number of hydrogen-bond acceptors (Lipinski definition) is 6. The summed E-state index contributed by atoms with van der Waals surface area (Å²) in [6.45, 7) is 8.32. The lowest BCUT2D eigenvalue weighted by atomic mass is 10.1. The molecule has 0 saturated carbocycles. The minimum Gasteiger partial charge on any atom is -0.375 e. The first-order valence-corrected chi connectivity index (χ1v) is 8.11. The van der Waals surface area contributed by atoms with Crippen molar-refractivity contribution >= 4 is 16.5 Å². The molecule has 22 heavy (non-hydrogen) atoms. The van der Waals surface area contributed by atoms with Gasteiger partial charge in [0.25, 0.3) is 0 Å². The Hall–Kier alpha value is -1.97. The van der Waals surface area contributed by atoms with Gasteiger partial charge in [0.05, 0.1) is 17.6 Å². The van der Waals surface area contributed by atoms with E-state index in [2.05, 4.69) is 27.9 Å². The van der Waals surface area contributed by atoms with Crippen LogP contribution >= 0.6 is 11.3 Å². The monoisotopic (exact) mass is 314 g/mol. The van der Waals surface area contributed by atoms with Gasteiger partial charge in [-0.1, -0.05) is 11.3 Å². The van der Waals surface area contributed by atoms with Gasteiger partial charge in [0.15, 0.2) is 10.8 Å². The van der Waals surface area contributed by atoms with Gasteiger partial charge < -0.3 is 9.64 Å². The van der Waals surface area contributed by atoms with E-state index in [-0.39, 0.29) is 6.10 Å². The van der Waals surface area contributed by atoms with Crippen molar-refractivity contribution in [1.29, 1.82) is 5.26 Å². The Balaban J connectivity index is 2.00. The molecule has 0 amide bonds. The number of aromatic nitrogens is 2. The number of ether oxygens (including phenoxy) is 1. The summed E-state index contributed by atoms with van der Waals surface area (Å²) in [4.78, 5) is 12.0. The average Bonchev–Trinajstić information content (AvgIpc) is 2.90. The molecule has 1 unspecified atom stereocenters. The molecular formula is C16H18N4OS. The van der Waals surface area contributed by atoms with E-state index in [9.17, 15) is 5.26 Å². The zero-order chi connectivity index (χ0) is 15.7. The van der Waals surface area contributed by atoms with Gasteiger partial charge >= 0.3 is 0 Å². The molecule has 1 aliphatic heterocycles. The van der Waals surface area contributed by atoms with E-state index in [1.807, 2.05) is 26.0 Å². The summed E-state index contributed by atoms with van der Waals surface area (Å²) in [5.41, 5.74) is 3.42. The summed E-state index contributed by atoms with van der Waals surface area (Å²) in [5, 5.41) is 10.3. The van der Waals surface area contributed by atoms with Crippen LogP contribution in [-0.2, 0) is 4.74 Å². The molecule has 0 N–H and O–H groups in total. The fourth-order valence-electron chi connectivity index (χ4n) is 2.67. The highest BCUT2D eigenvalue weighted by molar-refractivity contribution is 7.19. The maximum atomic E-state index is 9.42. The molecular weight excluding hydrogens is 296 g/mol. The highest BCUT2D eigenvalue weighted by atomic mass is 32.1. The van der Waals surface area contributed by atoms with Crippen LogP contribution in [0.4, 0.5) is 5.13 Å². The molecule has 1 fully saturated rings. The van der Waals surface area contributed by atoms with Gasteiger partial charge in [0, 0.05) is 24.5 Å². The van der Waals surface area contributed by atoms with Crippen LogP contribution in [0.3, 0.4) is 0 Å². The maximum Gasteiger partial charge on any atom is 0.187 e. The third-order valence-corrected chi connectivity index (χ3v) is 4.74. The van der Waals surface area contributed by atoms with E-state index < -0.39 is 0 Å². The van der Waals surface area contributed by atoms with Crippen LogP contribution in [0.2, 0.25) is 0 Å². The summed E-state index contributed by atoms with van der Waals surface area (Å²) in [7, 11) is 0. The van der Waals surface area contributed by atoms with E-state index in [0.717, 1.165) is 40.0 Å². The second-order valence-corrected chi connectivity index (χ2v) is 6.53. The molecule has 2 aromatic heterocycles. The summed E-state index contributed by atoms with van der Waals surface area (Å²) < 4.78 is 5.57. The summed E-state index contributed by atoms with van der Waals surface area (Å²) >= 11 is 1.57. The van der Waals surface area contributed by atoms with E-state index in [4.69, 9.17) is 4.74 Å². The van der Waals surface area contributed by atoms with Crippen molar-refractivity contribution in [3.63, 3.8) is 0 Å².